The zero-order valence-corrected chi connectivity index (χ0v) is 11.3. The minimum atomic E-state index is -4.67. The van der Waals surface area contributed by atoms with Crippen LogP contribution in [-0.2, 0) is 17.3 Å². The first-order chi connectivity index (χ1) is 10.3. The van der Waals surface area contributed by atoms with Crippen molar-refractivity contribution in [3.05, 3.63) is 41.9 Å². The van der Waals surface area contributed by atoms with Gasteiger partial charge in [0.05, 0.1) is 5.69 Å². The molecule has 0 radical (unpaired) electrons. The summed E-state index contributed by atoms with van der Waals surface area (Å²) in [4.78, 5) is 15.4. The highest BCUT2D eigenvalue weighted by Crippen LogP contribution is 2.26. The van der Waals surface area contributed by atoms with Crippen molar-refractivity contribution in [2.24, 2.45) is 0 Å². The molecule has 2 aromatic rings. The number of amides is 1. The Morgan fingerprint density at radius 2 is 1.95 bits per heavy atom. The van der Waals surface area contributed by atoms with Gasteiger partial charge in [0.25, 0.3) is 5.91 Å². The molecule has 0 bridgehead atoms. The molecule has 2 heterocycles. The van der Waals surface area contributed by atoms with E-state index in [4.69, 9.17) is 0 Å². The summed E-state index contributed by atoms with van der Waals surface area (Å²) in [6.45, 7) is 0. The Balaban J connectivity index is 2.22. The standard InChI is InChI=1S/C11H7F3N4O3S/c12-11(13,14)8-4-3-6(17-18-8)9(19)16-7-2-1-5-15-10(7)22(20)21/h1-5H,(H,16,19)(H,20,21)/p-1. The molecule has 0 spiro atoms. The average molecular weight is 331 g/mol. The molecular formula is C11H6F3N4O3S-. The molecule has 7 nitrogen and oxygen atoms in total. The van der Waals surface area contributed by atoms with Crippen LogP contribution in [0.25, 0.3) is 0 Å². The molecule has 0 fully saturated rings. The second-order valence-electron chi connectivity index (χ2n) is 3.85. The van der Waals surface area contributed by atoms with Gasteiger partial charge in [-0.05, 0) is 35.3 Å². The van der Waals surface area contributed by atoms with Crippen LogP contribution >= 0.6 is 0 Å². The van der Waals surface area contributed by atoms with Crippen molar-refractivity contribution in [2.45, 2.75) is 11.2 Å². The summed E-state index contributed by atoms with van der Waals surface area (Å²) >= 11 is -2.69. The third-order valence-electron chi connectivity index (χ3n) is 2.36. The number of hydrogen-bond acceptors (Lipinski definition) is 6. The van der Waals surface area contributed by atoms with E-state index in [1.54, 1.807) is 0 Å². The highest BCUT2D eigenvalue weighted by atomic mass is 32.2. The van der Waals surface area contributed by atoms with Gasteiger partial charge in [-0.25, -0.2) is 4.98 Å². The van der Waals surface area contributed by atoms with Gasteiger partial charge in [0.2, 0.25) is 0 Å². The smallest absolute Gasteiger partial charge is 0.435 e. The number of nitrogens with one attached hydrogen (secondary N) is 1. The lowest BCUT2D eigenvalue weighted by Gasteiger charge is -2.11. The summed E-state index contributed by atoms with van der Waals surface area (Å²) < 4.78 is 58.8. The molecular weight excluding hydrogens is 325 g/mol. The van der Waals surface area contributed by atoms with Gasteiger partial charge in [-0.1, -0.05) is 0 Å². The first-order valence-corrected chi connectivity index (χ1v) is 6.63. The molecule has 22 heavy (non-hydrogen) atoms. The van der Waals surface area contributed by atoms with Gasteiger partial charge >= 0.3 is 6.18 Å². The van der Waals surface area contributed by atoms with E-state index < -0.39 is 39.6 Å². The number of carbonyl (C=O) groups is 1. The van der Waals surface area contributed by atoms with Crippen molar-refractivity contribution in [3.63, 3.8) is 0 Å². The van der Waals surface area contributed by atoms with Crippen molar-refractivity contribution in [3.8, 4) is 0 Å². The fourth-order valence-electron chi connectivity index (χ4n) is 1.41. The molecule has 0 saturated carbocycles. The number of nitrogens with zero attached hydrogens (tertiary/aromatic N) is 3. The summed E-state index contributed by atoms with van der Waals surface area (Å²) in [7, 11) is 0. The number of alkyl halides is 3. The van der Waals surface area contributed by atoms with Crippen molar-refractivity contribution < 1.29 is 26.7 Å². The van der Waals surface area contributed by atoms with Crippen LogP contribution in [0.3, 0.4) is 0 Å². The van der Waals surface area contributed by atoms with E-state index >= 15 is 0 Å². The summed E-state index contributed by atoms with van der Waals surface area (Å²) in [6.07, 6.45) is -3.46. The second-order valence-corrected chi connectivity index (χ2v) is 4.70. The number of anilines is 1. The molecule has 1 atom stereocenters. The van der Waals surface area contributed by atoms with Crippen molar-refractivity contribution in [1.82, 2.24) is 15.2 Å². The van der Waals surface area contributed by atoms with E-state index in [0.717, 1.165) is 6.07 Å². The Labute approximate surface area is 123 Å². The van der Waals surface area contributed by atoms with Crippen LogP contribution in [0.2, 0.25) is 0 Å². The van der Waals surface area contributed by atoms with Crippen LogP contribution < -0.4 is 5.32 Å². The summed E-state index contributed by atoms with van der Waals surface area (Å²) in [5.74, 6) is -0.916. The van der Waals surface area contributed by atoms with Crippen LogP contribution in [0.4, 0.5) is 18.9 Å². The Kier molecular flexibility index (Phi) is 4.47. The number of rotatable bonds is 3. The zero-order chi connectivity index (χ0) is 16.3. The highest BCUT2D eigenvalue weighted by Gasteiger charge is 2.33. The predicted molar refractivity (Wildman–Crippen MR) is 66.4 cm³/mol. The molecule has 0 aliphatic rings. The van der Waals surface area contributed by atoms with E-state index in [9.17, 15) is 26.7 Å². The van der Waals surface area contributed by atoms with E-state index in [-0.39, 0.29) is 5.69 Å². The SMILES string of the molecule is O=C(Nc1cccnc1S(=O)[O-])c1ccc(C(F)(F)F)nn1. The van der Waals surface area contributed by atoms with Crippen LogP contribution in [-0.4, -0.2) is 29.9 Å². The minimum absolute atomic E-state index is 0.123. The lowest BCUT2D eigenvalue weighted by atomic mass is 10.3. The van der Waals surface area contributed by atoms with Crippen LogP contribution in [0.5, 0.6) is 0 Å². The number of carbonyl (C=O) groups excluding carboxylic acids is 1. The van der Waals surface area contributed by atoms with E-state index in [1.807, 2.05) is 0 Å². The maximum atomic E-state index is 12.3. The topological polar surface area (TPSA) is 108 Å². The average Bonchev–Trinajstić information content (AvgIpc) is 2.46. The van der Waals surface area contributed by atoms with Gasteiger partial charge in [-0.15, -0.1) is 10.2 Å². The molecule has 0 aliphatic heterocycles. The highest BCUT2D eigenvalue weighted by molar-refractivity contribution is 7.79. The van der Waals surface area contributed by atoms with Crippen LogP contribution in [0.15, 0.2) is 35.5 Å². The van der Waals surface area contributed by atoms with Gasteiger partial charge in [-0.3, -0.25) is 9.00 Å². The number of hydrogen-bond donors (Lipinski definition) is 1. The third-order valence-corrected chi connectivity index (χ3v) is 3.01. The molecule has 1 N–H and O–H groups in total. The summed E-state index contributed by atoms with van der Waals surface area (Å²) in [6, 6.07) is 4.07. The maximum Gasteiger partial charge on any atom is 0.435 e. The van der Waals surface area contributed by atoms with Crippen molar-refractivity contribution >= 4 is 22.7 Å². The molecule has 0 aromatic carbocycles. The van der Waals surface area contributed by atoms with Gasteiger partial charge in [0.15, 0.2) is 11.4 Å². The lowest BCUT2D eigenvalue weighted by molar-refractivity contribution is -0.141. The van der Waals surface area contributed by atoms with Crippen LogP contribution in [0.1, 0.15) is 16.2 Å². The first kappa shape index (κ1) is 16.0. The van der Waals surface area contributed by atoms with E-state index in [2.05, 4.69) is 20.5 Å². The number of aromatic nitrogens is 3. The largest absolute Gasteiger partial charge is 0.767 e. The minimum Gasteiger partial charge on any atom is -0.767 e. The van der Waals surface area contributed by atoms with Crippen LogP contribution in [0, 0.1) is 0 Å². The molecule has 0 aliphatic carbocycles. The maximum absolute atomic E-state index is 12.3. The van der Waals surface area contributed by atoms with Gasteiger partial charge in [0.1, 0.15) is 5.03 Å². The summed E-state index contributed by atoms with van der Waals surface area (Å²) in [5, 5.41) is 7.84. The Morgan fingerprint density at radius 1 is 1.23 bits per heavy atom. The Hall–Kier alpha value is -2.40. The molecule has 116 valence electrons. The third kappa shape index (κ3) is 3.62. The summed E-state index contributed by atoms with van der Waals surface area (Å²) in [5.41, 5.74) is -1.77. The van der Waals surface area contributed by atoms with E-state index in [1.165, 1.54) is 18.3 Å². The normalized spacial score (nSPS) is 12.7. The molecule has 2 rings (SSSR count). The molecule has 11 heteroatoms. The number of pyridine rings is 1. The predicted octanol–water partition coefficient (Wildman–Crippen LogP) is 1.38. The first-order valence-electron chi connectivity index (χ1n) is 5.55. The van der Waals surface area contributed by atoms with Crippen molar-refractivity contribution in [1.29, 1.82) is 0 Å². The second kappa shape index (κ2) is 6.15. The van der Waals surface area contributed by atoms with Gasteiger partial charge in [0, 0.05) is 6.20 Å². The van der Waals surface area contributed by atoms with Gasteiger partial charge < -0.3 is 9.87 Å². The molecule has 0 saturated heterocycles. The fourth-order valence-corrected chi connectivity index (χ4v) is 1.86. The Bertz CT molecular complexity index is 721. The Morgan fingerprint density at radius 3 is 2.50 bits per heavy atom. The molecule has 1 unspecified atom stereocenters. The van der Waals surface area contributed by atoms with Gasteiger partial charge in [-0.2, -0.15) is 13.2 Å². The fraction of sp³-hybridized carbons (Fsp3) is 0.0909. The zero-order valence-electron chi connectivity index (χ0n) is 10.5. The number of halogens is 3. The molecule has 2 aromatic heterocycles. The molecule has 1 amide bonds. The van der Waals surface area contributed by atoms with Crippen molar-refractivity contribution in [2.75, 3.05) is 5.32 Å². The lowest BCUT2D eigenvalue weighted by Crippen LogP contribution is -2.18. The monoisotopic (exact) mass is 331 g/mol. The van der Waals surface area contributed by atoms with E-state index in [0.29, 0.717) is 6.07 Å². The quantitative estimate of drug-likeness (QED) is 0.851.